The summed E-state index contributed by atoms with van der Waals surface area (Å²) in [4.78, 5) is 27.0. The normalized spacial score (nSPS) is 22.8. The molecule has 0 radical (unpaired) electrons. The lowest BCUT2D eigenvalue weighted by molar-refractivity contribution is -0.142. The molecule has 3 aromatic rings. The van der Waals surface area contributed by atoms with Crippen LogP contribution in [-0.2, 0) is 4.79 Å². The fourth-order valence-corrected chi connectivity index (χ4v) is 5.48. The number of carboxylic acid groups (broad SMARTS) is 1. The number of hydrogen-bond donors (Lipinski definition) is 1. The van der Waals surface area contributed by atoms with Crippen molar-refractivity contribution in [1.29, 1.82) is 0 Å². The van der Waals surface area contributed by atoms with Crippen LogP contribution in [0.4, 0.5) is 10.2 Å². The maximum atomic E-state index is 15.0. The topological polar surface area (TPSA) is 75.4 Å². The minimum Gasteiger partial charge on any atom is -0.481 e. The van der Waals surface area contributed by atoms with E-state index in [4.69, 9.17) is 11.6 Å². The molecule has 6 nitrogen and oxygen atoms in total. The van der Waals surface area contributed by atoms with Gasteiger partial charge in [0.1, 0.15) is 5.82 Å². The smallest absolute Gasteiger partial charge is 0.306 e. The number of carbonyl (C=O) groups is 2. The Hall–Kier alpha value is -2.93. The Labute approximate surface area is 183 Å². The zero-order valence-corrected chi connectivity index (χ0v) is 17.6. The molecule has 1 aromatic heterocycles. The van der Waals surface area contributed by atoms with Crippen molar-refractivity contribution < 1.29 is 19.1 Å². The summed E-state index contributed by atoms with van der Waals surface area (Å²) in [7, 11) is 0. The number of aryl methyl sites for hydroxylation is 1. The van der Waals surface area contributed by atoms with Gasteiger partial charge in [0.2, 0.25) is 0 Å². The Balaban J connectivity index is 1.65. The highest BCUT2D eigenvalue weighted by atomic mass is 35.5. The van der Waals surface area contributed by atoms with Crippen molar-refractivity contribution in [3.8, 4) is 0 Å². The first-order chi connectivity index (χ1) is 14.9. The number of fused-ring (bicyclic) bond motifs is 3. The second-order valence-corrected chi connectivity index (χ2v) is 8.81. The van der Waals surface area contributed by atoms with Gasteiger partial charge in [0.05, 0.1) is 27.4 Å². The largest absolute Gasteiger partial charge is 0.481 e. The van der Waals surface area contributed by atoms with Crippen LogP contribution in [0.15, 0.2) is 36.4 Å². The first-order valence-electron chi connectivity index (χ1n) is 10.3. The van der Waals surface area contributed by atoms with Gasteiger partial charge in [0.15, 0.2) is 5.82 Å². The number of rotatable bonds is 3. The average Bonchev–Trinajstić information content (AvgIpc) is 3.22. The van der Waals surface area contributed by atoms with E-state index in [0.717, 1.165) is 12.8 Å². The molecule has 0 amide bonds. The number of piperidine rings is 1. The third-order valence-electron chi connectivity index (χ3n) is 6.59. The third-order valence-corrected chi connectivity index (χ3v) is 6.91. The molecule has 31 heavy (non-hydrogen) atoms. The van der Waals surface area contributed by atoms with Gasteiger partial charge in [-0.15, -0.1) is 5.10 Å². The van der Waals surface area contributed by atoms with Gasteiger partial charge in [0, 0.05) is 12.1 Å². The summed E-state index contributed by atoms with van der Waals surface area (Å²) in [5.41, 5.74) is 1.41. The summed E-state index contributed by atoms with van der Waals surface area (Å²) in [6.45, 7) is 1.79. The van der Waals surface area contributed by atoms with E-state index in [9.17, 15) is 14.7 Å². The molecule has 0 aliphatic carbocycles. The molecular formula is C23H21ClFN3O3. The van der Waals surface area contributed by atoms with Gasteiger partial charge in [-0.2, -0.15) is 4.68 Å². The summed E-state index contributed by atoms with van der Waals surface area (Å²) in [6, 6.07) is 9.71. The molecule has 2 aliphatic rings. The minimum absolute atomic E-state index is 0.0387. The standard InChI is InChI=1S/C23H21ClFN3O3/c1-12-4-2-5-16(24)19(12)22(29)28-18-7-3-6-17(25)20(18)21(26-28)27-14-8-9-15(27)11-13(10-14)23(30)31/h2-7,13-15H,8-11H2,1H3,(H,30,31). The van der Waals surface area contributed by atoms with Crippen LogP contribution < -0.4 is 4.90 Å². The number of carbonyl (C=O) groups excluding carboxylic acids is 1. The molecule has 2 aliphatic heterocycles. The molecule has 2 unspecified atom stereocenters. The van der Waals surface area contributed by atoms with Crippen LogP contribution in [-0.4, -0.2) is 38.8 Å². The van der Waals surface area contributed by atoms with Crippen molar-refractivity contribution in [2.75, 3.05) is 4.90 Å². The molecule has 3 heterocycles. The predicted octanol–water partition coefficient (Wildman–Crippen LogP) is 4.66. The summed E-state index contributed by atoms with van der Waals surface area (Å²) >= 11 is 6.31. The lowest BCUT2D eigenvalue weighted by Crippen LogP contribution is -2.45. The van der Waals surface area contributed by atoms with Gasteiger partial charge < -0.3 is 10.0 Å². The number of hydrogen-bond acceptors (Lipinski definition) is 4. The van der Waals surface area contributed by atoms with E-state index >= 15 is 4.39 Å². The number of nitrogens with zero attached hydrogens (tertiary/aromatic N) is 3. The van der Waals surface area contributed by atoms with Crippen molar-refractivity contribution in [2.45, 2.75) is 44.7 Å². The molecule has 1 N–H and O–H groups in total. The number of anilines is 1. The highest BCUT2D eigenvalue weighted by molar-refractivity contribution is 6.34. The zero-order chi connectivity index (χ0) is 21.9. The fourth-order valence-electron chi connectivity index (χ4n) is 5.18. The monoisotopic (exact) mass is 441 g/mol. The summed E-state index contributed by atoms with van der Waals surface area (Å²) in [6.07, 6.45) is 2.64. The molecule has 2 aromatic carbocycles. The van der Waals surface area contributed by atoms with Gasteiger partial charge in [-0.05, 0) is 56.4 Å². The van der Waals surface area contributed by atoms with Gasteiger partial charge in [-0.1, -0.05) is 29.8 Å². The molecule has 0 saturated carbocycles. The first-order valence-corrected chi connectivity index (χ1v) is 10.7. The maximum Gasteiger partial charge on any atom is 0.306 e. The molecule has 0 spiro atoms. The van der Waals surface area contributed by atoms with Gasteiger partial charge in [0.25, 0.3) is 5.91 Å². The van der Waals surface area contributed by atoms with Crippen molar-refractivity contribution >= 4 is 40.2 Å². The van der Waals surface area contributed by atoms with E-state index in [1.807, 2.05) is 4.90 Å². The van der Waals surface area contributed by atoms with Crippen molar-refractivity contribution in [3.05, 3.63) is 58.4 Å². The Morgan fingerprint density at radius 1 is 1.13 bits per heavy atom. The van der Waals surface area contributed by atoms with Crippen LogP contribution in [0.25, 0.3) is 10.9 Å². The van der Waals surface area contributed by atoms with Crippen LogP contribution in [0, 0.1) is 18.7 Å². The summed E-state index contributed by atoms with van der Waals surface area (Å²) in [5.74, 6) is -1.66. The highest BCUT2D eigenvalue weighted by Crippen LogP contribution is 2.44. The second-order valence-electron chi connectivity index (χ2n) is 8.41. The molecule has 2 fully saturated rings. The fraction of sp³-hybridized carbons (Fsp3) is 0.348. The predicted molar refractivity (Wildman–Crippen MR) is 115 cm³/mol. The van der Waals surface area contributed by atoms with Crippen molar-refractivity contribution in [3.63, 3.8) is 0 Å². The van der Waals surface area contributed by atoms with E-state index < -0.39 is 23.6 Å². The SMILES string of the molecule is Cc1cccc(Cl)c1C(=O)n1nc(N2C3CCC2CC(C(=O)O)C3)c2c(F)cccc21. The number of benzene rings is 2. The molecular weight excluding hydrogens is 421 g/mol. The molecule has 2 bridgehead atoms. The Kier molecular flexibility index (Phi) is 4.73. The van der Waals surface area contributed by atoms with Gasteiger partial charge in [-0.3, -0.25) is 9.59 Å². The average molecular weight is 442 g/mol. The molecule has 8 heteroatoms. The Bertz CT molecular complexity index is 1190. The summed E-state index contributed by atoms with van der Waals surface area (Å²) < 4.78 is 16.2. The number of aliphatic carboxylic acids is 1. The van der Waals surface area contributed by atoms with Crippen LogP contribution in [0.1, 0.15) is 41.6 Å². The Morgan fingerprint density at radius 2 is 1.81 bits per heavy atom. The minimum atomic E-state index is -0.789. The van der Waals surface area contributed by atoms with E-state index in [0.29, 0.717) is 40.3 Å². The third kappa shape index (κ3) is 3.10. The second kappa shape index (κ2) is 7.34. The zero-order valence-electron chi connectivity index (χ0n) is 16.9. The van der Waals surface area contributed by atoms with Crippen LogP contribution in [0.3, 0.4) is 0 Å². The molecule has 5 rings (SSSR count). The lowest BCUT2D eigenvalue weighted by Gasteiger charge is -2.38. The van der Waals surface area contributed by atoms with Crippen molar-refractivity contribution in [1.82, 2.24) is 9.78 Å². The Morgan fingerprint density at radius 3 is 2.45 bits per heavy atom. The van der Waals surface area contributed by atoms with E-state index in [1.54, 1.807) is 37.3 Å². The van der Waals surface area contributed by atoms with Crippen LogP contribution in [0.5, 0.6) is 0 Å². The molecule has 2 saturated heterocycles. The number of aromatic nitrogens is 2. The molecule has 2 atom stereocenters. The van der Waals surface area contributed by atoms with Crippen LogP contribution in [0.2, 0.25) is 5.02 Å². The number of halogens is 2. The van der Waals surface area contributed by atoms with Crippen LogP contribution >= 0.6 is 11.6 Å². The maximum absolute atomic E-state index is 15.0. The van der Waals surface area contributed by atoms with Gasteiger partial charge in [-0.25, -0.2) is 4.39 Å². The van der Waals surface area contributed by atoms with E-state index in [2.05, 4.69) is 5.10 Å². The van der Waals surface area contributed by atoms with E-state index in [-0.39, 0.29) is 17.5 Å². The first kappa shape index (κ1) is 20.0. The number of carboxylic acids is 1. The molecule has 160 valence electrons. The quantitative estimate of drug-likeness (QED) is 0.639. The summed E-state index contributed by atoms with van der Waals surface area (Å²) in [5, 5.41) is 14.7. The highest BCUT2D eigenvalue weighted by Gasteiger charge is 2.45. The van der Waals surface area contributed by atoms with Gasteiger partial charge >= 0.3 is 5.97 Å². The lowest BCUT2D eigenvalue weighted by atomic mass is 9.90. The van der Waals surface area contributed by atoms with Crippen molar-refractivity contribution in [2.24, 2.45) is 5.92 Å². The van der Waals surface area contributed by atoms with E-state index in [1.165, 1.54) is 10.7 Å².